The number of nitrogens with one attached hydrogen (secondary N) is 1. The largest absolute Gasteiger partial charge is 0.378 e. The molecule has 0 bridgehead atoms. The van der Waals surface area contributed by atoms with E-state index < -0.39 is 5.76 Å². The lowest BCUT2D eigenvalue weighted by molar-refractivity contribution is 0.252. The molecule has 1 aromatic carbocycles. The van der Waals surface area contributed by atoms with Crippen LogP contribution in [0.15, 0.2) is 41.6 Å². The minimum atomic E-state index is -2.38. The molecule has 0 amide bonds. The molecule has 0 aliphatic carbocycles. The van der Waals surface area contributed by atoms with Crippen LogP contribution in [0.4, 0.5) is 14.5 Å². The Morgan fingerprint density at radius 1 is 1.30 bits per heavy atom. The van der Waals surface area contributed by atoms with Crippen molar-refractivity contribution in [1.29, 1.82) is 0 Å². The van der Waals surface area contributed by atoms with E-state index in [1.165, 1.54) is 0 Å². The number of halogens is 2. The van der Waals surface area contributed by atoms with Crippen molar-refractivity contribution in [3.8, 4) is 0 Å². The van der Waals surface area contributed by atoms with Crippen molar-refractivity contribution >= 4 is 17.4 Å². The first-order chi connectivity index (χ1) is 9.58. The Balaban J connectivity index is 1.98. The highest BCUT2D eigenvalue weighted by molar-refractivity contribution is 7.99. The highest BCUT2D eigenvalue weighted by Crippen LogP contribution is 2.27. The summed E-state index contributed by atoms with van der Waals surface area (Å²) in [7, 11) is 0. The highest BCUT2D eigenvalue weighted by atomic mass is 32.2. The van der Waals surface area contributed by atoms with Gasteiger partial charge in [-0.3, -0.25) is 4.68 Å². The van der Waals surface area contributed by atoms with Gasteiger partial charge in [-0.15, -0.1) is 0 Å². The molecule has 1 unspecified atom stereocenters. The average Bonchev–Trinajstić information content (AvgIpc) is 2.89. The summed E-state index contributed by atoms with van der Waals surface area (Å²) in [5.74, 6) is -2.38. The Labute approximate surface area is 121 Å². The molecule has 0 radical (unpaired) electrons. The molecule has 0 aliphatic heterocycles. The molecular formula is C14H17F2N3S. The minimum Gasteiger partial charge on any atom is -0.378 e. The summed E-state index contributed by atoms with van der Waals surface area (Å²) in [6.45, 7) is 4.92. The van der Waals surface area contributed by atoms with Crippen LogP contribution in [0.5, 0.6) is 0 Å². The lowest BCUT2D eigenvalue weighted by Gasteiger charge is -2.14. The van der Waals surface area contributed by atoms with E-state index in [9.17, 15) is 8.78 Å². The number of aryl methyl sites for hydroxylation is 1. The number of hydrogen-bond donors (Lipinski definition) is 1. The number of alkyl halides is 2. The van der Waals surface area contributed by atoms with Gasteiger partial charge in [-0.2, -0.15) is 13.9 Å². The zero-order valence-electron chi connectivity index (χ0n) is 11.4. The van der Waals surface area contributed by atoms with Crippen LogP contribution in [-0.4, -0.2) is 15.5 Å². The lowest BCUT2D eigenvalue weighted by Crippen LogP contribution is -2.05. The average molecular weight is 297 g/mol. The molecule has 0 saturated carbocycles. The maximum absolute atomic E-state index is 12.2. The Morgan fingerprint density at radius 2 is 2.00 bits per heavy atom. The van der Waals surface area contributed by atoms with E-state index in [1.54, 1.807) is 12.1 Å². The third-order valence-electron chi connectivity index (χ3n) is 2.94. The van der Waals surface area contributed by atoms with Crippen LogP contribution in [0, 0.1) is 0 Å². The normalized spacial score (nSPS) is 12.7. The SMILES string of the molecule is CCn1cc(C(C)Nc2ccc(SC(F)F)cc2)cn1. The quantitative estimate of drug-likeness (QED) is 0.802. The molecule has 0 saturated heterocycles. The smallest absolute Gasteiger partial charge is 0.288 e. The Hall–Kier alpha value is -1.56. The third-order valence-corrected chi connectivity index (χ3v) is 3.66. The fourth-order valence-electron chi connectivity index (χ4n) is 1.84. The standard InChI is InChI=1S/C14H17F2N3S/c1-3-19-9-11(8-17-19)10(2)18-12-4-6-13(7-5-12)20-14(15)16/h4-10,14,18H,3H2,1-2H3. The van der Waals surface area contributed by atoms with Crippen LogP contribution in [-0.2, 0) is 6.54 Å². The van der Waals surface area contributed by atoms with Gasteiger partial charge >= 0.3 is 0 Å². The van der Waals surface area contributed by atoms with Crippen molar-refractivity contribution < 1.29 is 8.78 Å². The summed E-state index contributed by atoms with van der Waals surface area (Å²) < 4.78 is 26.3. The molecule has 0 spiro atoms. The van der Waals surface area contributed by atoms with E-state index in [0.717, 1.165) is 17.8 Å². The molecular weight excluding hydrogens is 280 g/mol. The summed E-state index contributed by atoms with van der Waals surface area (Å²) in [6.07, 6.45) is 3.83. The van der Waals surface area contributed by atoms with Gasteiger partial charge in [0.1, 0.15) is 0 Å². The van der Waals surface area contributed by atoms with Crippen molar-refractivity contribution in [2.24, 2.45) is 0 Å². The van der Waals surface area contributed by atoms with Crippen molar-refractivity contribution in [2.45, 2.75) is 37.1 Å². The second kappa shape index (κ2) is 6.74. The van der Waals surface area contributed by atoms with Crippen LogP contribution >= 0.6 is 11.8 Å². The van der Waals surface area contributed by atoms with E-state index in [1.807, 2.05) is 43.1 Å². The number of aromatic nitrogens is 2. The Bertz CT molecular complexity index is 540. The van der Waals surface area contributed by atoms with Gasteiger partial charge < -0.3 is 5.32 Å². The first kappa shape index (κ1) is 14.8. The second-order valence-electron chi connectivity index (χ2n) is 4.40. The monoisotopic (exact) mass is 297 g/mol. The third kappa shape index (κ3) is 3.96. The van der Waals surface area contributed by atoms with Gasteiger partial charge in [0.15, 0.2) is 0 Å². The number of hydrogen-bond acceptors (Lipinski definition) is 3. The summed E-state index contributed by atoms with van der Waals surface area (Å²) in [5.41, 5.74) is 2.00. The number of rotatable bonds is 6. The molecule has 1 aromatic heterocycles. The van der Waals surface area contributed by atoms with Crippen molar-refractivity contribution in [1.82, 2.24) is 9.78 Å². The Kier molecular flexibility index (Phi) is 5.00. The number of nitrogens with zero attached hydrogens (tertiary/aromatic N) is 2. The summed E-state index contributed by atoms with van der Waals surface area (Å²) in [6, 6.07) is 7.13. The van der Waals surface area contributed by atoms with Gasteiger partial charge in [-0.05, 0) is 38.1 Å². The molecule has 3 nitrogen and oxygen atoms in total. The van der Waals surface area contributed by atoms with Crippen LogP contribution in [0.3, 0.4) is 0 Å². The van der Waals surface area contributed by atoms with Crippen molar-refractivity contribution in [3.63, 3.8) is 0 Å². The molecule has 1 N–H and O–H groups in total. The van der Waals surface area contributed by atoms with Gasteiger partial charge in [0.2, 0.25) is 0 Å². The maximum Gasteiger partial charge on any atom is 0.288 e. The predicted molar refractivity (Wildman–Crippen MR) is 78.2 cm³/mol. The lowest BCUT2D eigenvalue weighted by atomic mass is 10.2. The highest BCUT2D eigenvalue weighted by Gasteiger charge is 2.09. The fraction of sp³-hybridized carbons (Fsp3) is 0.357. The van der Waals surface area contributed by atoms with Gasteiger partial charge in [0.05, 0.1) is 12.2 Å². The van der Waals surface area contributed by atoms with E-state index in [-0.39, 0.29) is 6.04 Å². The molecule has 0 fully saturated rings. The van der Waals surface area contributed by atoms with Crippen LogP contribution in [0.1, 0.15) is 25.5 Å². The van der Waals surface area contributed by atoms with E-state index in [4.69, 9.17) is 0 Å². The van der Waals surface area contributed by atoms with Crippen LogP contribution in [0.25, 0.3) is 0 Å². The van der Waals surface area contributed by atoms with Crippen LogP contribution in [0.2, 0.25) is 0 Å². The topological polar surface area (TPSA) is 29.9 Å². The van der Waals surface area contributed by atoms with Crippen molar-refractivity contribution in [3.05, 3.63) is 42.2 Å². The van der Waals surface area contributed by atoms with Gasteiger partial charge in [-0.1, -0.05) is 11.8 Å². The molecule has 0 aliphatic rings. The zero-order chi connectivity index (χ0) is 14.5. The molecule has 20 heavy (non-hydrogen) atoms. The fourth-order valence-corrected chi connectivity index (χ4v) is 2.34. The minimum absolute atomic E-state index is 0.115. The number of benzene rings is 1. The molecule has 108 valence electrons. The summed E-state index contributed by atoms with van der Waals surface area (Å²) in [5, 5.41) is 7.56. The predicted octanol–water partition coefficient (Wildman–Crippen LogP) is 4.39. The maximum atomic E-state index is 12.2. The first-order valence-corrected chi connectivity index (χ1v) is 7.30. The Morgan fingerprint density at radius 3 is 2.55 bits per heavy atom. The van der Waals surface area contributed by atoms with Gasteiger partial charge in [0, 0.05) is 28.9 Å². The summed E-state index contributed by atoms with van der Waals surface area (Å²) >= 11 is 0.554. The number of thioether (sulfide) groups is 1. The van der Waals surface area contributed by atoms with E-state index in [2.05, 4.69) is 10.4 Å². The zero-order valence-corrected chi connectivity index (χ0v) is 12.2. The van der Waals surface area contributed by atoms with Crippen molar-refractivity contribution in [2.75, 3.05) is 5.32 Å². The molecule has 1 atom stereocenters. The summed E-state index contributed by atoms with van der Waals surface area (Å²) in [4.78, 5) is 0.567. The van der Waals surface area contributed by atoms with Gasteiger partial charge in [-0.25, -0.2) is 0 Å². The first-order valence-electron chi connectivity index (χ1n) is 6.42. The second-order valence-corrected chi connectivity index (χ2v) is 5.46. The number of anilines is 1. The molecule has 6 heteroatoms. The molecule has 2 aromatic rings. The van der Waals surface area contributed by atoms with E-state index >= 15 is 0 Å². The van der Waals surface area contributed by atoms with Crippen LogP contribution < -0.4 is 5.32 Å². The molecule has 2 rings (SSSR count). The van der Waals surface area contributed by atoms with Gasteiger partial charge in [0.25, 0.3) is 5.76 Å². The molecule has 1 heterocycles. The van der Waals surface area contributed by atoms with E-state index in [0.29, 0.717) is 16.7 Å².